The molecular formula is C65H43NO. The Morgan fingerprint density at radius 3 is 1.48 bits per heavy atom. The Morgan fingerprint density at radius 1 is 0.313 bits per heavy atom. The molecule has 0 unspecified atom stereocenters. The van der Waals surface area contributed by atoms with Crippen LogP contribution in [0.2, 0.25) is 0 Å². The fraction of sp³-hybridized carbons (Fsp3) is 0.0154. The van der Waals surface area contributed by atoms with Crippen molar-refractivity contribution in [2.45, 2.75) is 5.41 Å². The van der Waals surface area contributed by atoms with Crippen LogP contribution in [0.4, 0.5) is 17.1 Å². The molecule has 11 aromatic carbocycles. The number of rotatable bonds is 8. The Balaban J connectivity index is 1.11. The molecule has 314 valence electrons. The summed E-state index contributed by atoms with van der Waals surface area (Å²) in [4.78, 5) is 2.47. The van der Waals surface area contributed by atoms with E-state index in [1.54, 1.807) is 0 Å². The highest BCUT2D eigenvalue weighted by Gasteiger charge is 2.46. The van der Waals surface area contributed by atoms with Crippen molar-refractivity contribution in [2.24, 2.45) is 0 Å². The van der Waals surface area contributed by atoms with E-state index in [1.165, 1.54) is 44.5 Å². The highest BCUT2D eigenvalue weighted by Crippen LogP contribution is 2.58. The summed E-state index contributed by atoms with van der Waals surface area (Å²) in [6.07, 6.45) is 0. The van der Waals surface area contributed by atoms with Crippen LogP contribution in [0.5, 0.6) is 0 Å². The summed E-state index contributed by atoms with van der Waals surface area (Å²) in [7, 11) is 0. The van der Waals surface area contributed by atoms with Crippen LogP contribution in [-0.2, 0) is 5.41 Å². The Kier molecular flexibility index (Phi) is 9.11. The number of fused-ring (bicyclic) bond motifs is 8. The Bertz CT molecular complexity index is 3730. The fourth-order valence-electron chi connectivity index (χ4n) is 11.0. The van der Waals surface area contributed by atoms with Gasteiger partial charge in [-0.1, -0.05) is 218 Å². The van der Waals surface area contributed by atoms with Gasteiger partial charge in [-0.3, -0.25) is 0 Å². The highest BCUT2D eigenvalue weighted by atomic mass is 16.3. The summed E-state index contributed by atoms with van der Waals surface area (Å²) < 4.78 is 7.10. The number of anilines is 3. The average Bonchev–Trinajstić information content (AvgIpc) is 3.94. The molecule has 2 heteroatoms. The number of furan rings is 1. The summed E-state index contributed by atoms with van der Waals surface area (Å²) in [5.74, 6) is 0. The first-order valence-corrected chi connectivity index (χ1v) is 23.1. The number of benzene rings is 11. The molecule has 2 nitrogen and oxygen atoms in total. The molecule has 1 aliphatic rings. The van der Waals surface area contributed by atoms with Crippen molar-refractivity contribution in [1.82, 2.24) is 0 Å². The molecule has 12 aromatic rings. The van der Waals surface area contributed by atoms with Crippen LogP contribution in [0, 0.1) is 0 Å². The first-order chi connectivity index (χ1) is 33.2. The molecule has 0 amide bonds. The van der Waals surface area contributed by atoms with Crippen LogP contribution < -0.4 is 4.90 Å². The zero-order valence-corrected chi connectivity index (χ0v) is 36.7. The first kappa shape index (κ1) is 38.7. The predicted molar refractivity (Wildman–Crippen MR) is 280 cm³/mol. The summed E-state index contributed by atoms with van der Waals surface area (Å²) in [5, 5.41) is 4.34. The van der Waals surface area contributed by atoms with Gasteiger partial charge in [-0.05, 0) is 109 Å². The van der Waals surface area contributed by atoms with Crippen LogP contribution >= 0.6 is 0 Å². The van der Waals surface area contributed by atoms with E-state index in [9.17, 15) is 0 Å². The normalized spacial score (nSPS) is 12.6. The second kappa shape index (κ2) is 15.8. The zero-order chi connectivity index (χ0) is 44.3. The maximum absolute atomic E-state index is 7.10. The molecule has 13 rings (SSSR count). The van der Waals surface area contributed by atoms with E-state index in [0.717, 1.165) is 72.0 Å². The number of hydrogen-bond donors (Lipinski definition) is 0. The molecular weight excluding hydrogens is 811 g/mol. The summed E-state index contributed by atoms with van der Waals surface area (Å²) in [6.45, 7) is 0. The third-order valence-corrected chi connectivity index (χ3v) is 13.9. The average molecular weight is 854 g/mol. The van der Waals surface area contributed by atoms with E-state index >= 15 is 0 Å². The molecule has 0 saturated carbocycles. The van der Waals surface area contributed by atoms with Gasteiger partial charge in [0.25, 0.3) is 0 Å². The minimum Gasteiger partial charge on any atom is -0.455 e. The van der Waals surface area contributed by atoms with Gasteiger partial charge in [0.05, 0.1) is 11.1 Å². The second-order valence-electron chi connectivity index (χ2n) is 17.6. The van der Waals surface area contributed by atoms with Gasteiger partial charge >= 0.3 is 0 Å². The van der Waals surface area contributed by atoms with Gasteiger partial charge in [0.2, 0.25) is 0 Å². The van der Waals surface area contributed by atoms with Crippen LogP contribution in [0.3, 0.4) is 0 Å². The highest BCUT2D eigenvalue weighted by molar-refractivity contribution is 6.23. The third kappa shape index (κ3) is 6.18. The number of nitrogens with zero attached hydrogens (tertiary/aromatic N) is 1. The lowest BCUT2D eigenvalue weighted by molar-refractivity contribution is 0.673. The van der Waals surface area contributed by atoms with Crippen LogP contribution in [0.15, 0.2) is 265 Å². The van der Waals surface area contributed by atoms with Crippen molar-refractivity contribution in [1.29, 1.82) is 0 Å². The Hall–Kier alpha value is -8.72. The molecule has 0 aliphatic heterocycles. The Labute approximate surface area is 390 Å². The van der Waals surface area contributed by atoms with Crippen molar-refractivity contribution in [3.63, 3.8) is 0 Å². The van der Waals surface area contributed by atoms with E-state index < -0.39 is 5.41 Å². The molecule has 0 radical (unpaired) electrons. The summed E-state index contributed by atoms with van der Waals surface area (Å²) in [5.41, 5.74) is 18.8. The lowest BCUT2D eigenvalue weighted by Gasteiger charge is -2.35. The van der Waals surface area contributed by atoms with E-state index in [2.05, 4.69) is 266 Å². The van der Waals surface area contributed by atoms with Crippen molar-refractivity contribution in [3.8, 4) is 44.5 Å². The molecule has 0 spiro atoms. The smallest absolute Gasteiger partial charge is 0.143 e. The van der Waals surface area contributed by atoms with Crippen molar-refractivity contribution >= 4 is 49.8 Å². The third-order valence-electron chi connectivity index (χ3n) is 13.9. The molecule has 0 fully saturated rings. The molecule has 0 atom stereocenters. The molecule has 1 aliphatic carbocycles. The maximum atomic E-state index is 7.10. The molecule has 0 bridgehead atoms. The van der Waals surface area contributed by atoms with Crippen LogP contribution in [0.25, 0.3) is 77.2 Å². The lowest BCUT2D eigenvalue weighted by atomic mass is 9.67. The molecule has 67 heavy (non-hydrogen) atoms. The van der Waals surface area contributed by atoms with Crippen molar-refractivity contribution in [3.05, 3.63) is 283 Å². The summed E-state index contributed by atoms with van der Waals surface area (Å²) >= 11 is 0. The second-order valence-corrected chi connectivity index (χ2v) is 17.6. The van der Waals surface area contributed by atoms with Gasteiger partial charge in [-0.2, -0.15) is 0 Å². The fourth-order valence-corrected chi connectivity index (χ4v) is 11.0. The summed E-state index contributed by atoms with van der Waals surface area (Å²) in [6, 6.07) is 95.0. The quantitative estimate of drug-likeness (QED) is 0.151. The Morgan fingerprint density at radius 2 is 0.821 bits per heavy atom. The minimum atomic E-state index is -0.554. The molecule has 1 heterocycles. The van der Waals surface area contributed by atoms with Gasteiger partial charge in [-0.15, -0.1) is 0 Å². The van der Waals surface area contributed by atoms with E-state index in [4.69, 9.17) is 4.42 Å². The van der Waals surface area contributed by atoms with Crippen molar-refractivity contribution < 1.29 is 4.42 Å². The SMILES string of the molecule is c1ccc(-c2ccc(N(c3ccc4c(c3)C(c3ccccc3)(c3ccccc3)c3ccccc3-4)c3cc4c(oc5cc(-c6ccccc6)cc(-c6ccccc6)c54)c4ccccc34)cc2)cc1. The van der Waals surface area contributed by atoms with Gasteiger partial charge < -0.3 is 9.32 Å². The minimum absolute atomic E-state index is 0.554. The molecule has 0 saturated heterocycles. The zero-order valence-electron chi connectivity index (χ0n) is 36.7. The molecule has 1 aromatic heterocycles. The van der Waals surface area contributed by atoms with Crippen LogP contribution in [-0.4, -0.2) is 0 Å². The van der Waals surface area contributed by atoms with E-state index in [-0.39, 0.29) is 0 Å². The monoisotopic (exact) mass is 853 g/mol. The molecule has 0 N–H and O–H groups in total. The van der Waals surface area contributed by atoms with Crippen molar-refractivity contribution in [2.75, 3.05) is 4.90 Å². The standard InChI is InChI=1S/C65H43NO/c1-6-20-44(21-7-1)46-34-36-51(37-35-46)66(52-38-39-54-53-30-18-19-33-59(53)65(60(54)42-52,49-26-12-4-13-27-49)50-28-14-5-15-29-50)61-43-58-63-57(47-24-10-3-11-25-47)40-48(45-22-8-2-9-23-45)41-62(63)67-64(58)56-32-17-16-31-55(56)61/h1-43H. The largest absolute Gasteiger partial charge is 0.455 e. The van der Waals surface area contributed by atoms with E-state index in [1.807, 2.05) is 0 Å². The predicted octanol–water partition coefficient (Wildman–Crippen LogP) is 17.6. The lowest BCUT2D eigenvalue weighted by Crippen LogP contribution is -2.28. The number of hydrogen-bond acceptors (Lipinski definition) is 2. The van der Waals surface area contributed by atoms with Gasteiger partial charge in [0.15, 0.2) is 0 Å². The van der Waals surface area contributed by atoms with E-state index in [0.29, 0.717) is 0 Å². The van der Waals surface area contributed by atoms with Gasteiger partial charge in [0, 0.05) is 32.9 Å². The topological polar surface area (TPSA) is 16.4 Å². The van der Waals surface area contributed by atoms with Gasteiger partial charge in [-0.25, -0.2) is 0 Å². The first-order valence-electron chi connectivity index (χ1n) is 23.1. The van der Waals surface area contributed by atoms with Gasteiger partial charge in [0.1, 0.15) is 11.2 Å². The van der Waals surface area contributed by atoms with Crippen LogP contribution in [0.1, 0.15) is 22.3 Å². The maximum Gasteiger partial charge on any atom is 0.143 e.